The molecule has 0 radical (unpaired) electrons. The van der Waals surface area contributed by atoms with Crippen molar-refractivity contribution in [1.82, 2.24) is 5.32 Å². The molecule has 0 bridgehead atoms. The SMILES string of the molecule is CC(=O)C(NCC(=O)O)C1CCCCC1. The second-order valence-corrected chi connectivity index (χ2v) is 4.26. The molecule has 1 aliphatic rings. The molecule has 2 N–H and O–H groups in total. The number of aliphatic carboxylic acids is 1. The van der Waals surface area contributed by atoms with E-state index in [-0.39, 0.29) is 18.4 Å². The highest BCUT2D eigenvalue weighted by atomic mass is 16.4. The van der Waals surface area contributed by atoms with Gasteiger partial charge in [-0.25, -0.2) is 0 Å². The summed E-state index contributed by atoms with van der Waals surface area (Å²) in [6.45, 7) is 1.41. The Bertz CT molecular complexity index is 234. The van der Waals surface area contributed by atoms with Crippen LogP contribution in [0.15, 0.2) is 0 Å². The van der Waals surface area contributed by atoms with Gasteiger partial charge in [-0.1, -0.05) is 19.3 Å². The van der Waals surface area contributed by atoms with Crippen LogP contribution in [-0.2, 0) is 9.59 Å². The van der Waals surface area contributed by atoms with Crippen LogP contribution in [0.1, 0.15) is 39.0 Å². The average Bonchev–Trinajstić information content (AvgIpc) is 2.18. The van der Waals surface area contributed by atoms with Crippen LogP contribution in [0.2, 0.25) is 0 Å². The number of ketones is 1. The standard InChI is InChI=1S/C11H19NO3/c1-8(13)11(12-7-10(14)15)9-5-3-2-4-6-9/h9,11-12H,2-7H2,1H3,(H,14,15). The highest BCUT2D eigenvalue weighted by Gasteiger charge is 2.26. The van der Waals surface area contributed by atoms with Crippen molar-refractivity contribution in [2.45, 2.75) is 45.1 Å². The van der Waals surface area contributed by atoms with Crippen molar-refractivity contribution < 1.29 is 14.7 Å². The highest BCUT2D eigenvalue weighted by molar-refractivity contribution is 5.82. The van der Waals surface area contributed by atoms with Crippen molar-refractivity contribution in [3.8, 4) is 0 Å². The molecule has 1 atom stereocenters. The highest BCUT2D eigenvalue weighted by Crippen LogP contribution is 2.26. The fraction of sp³-hybridized carbons (Fsp3) is 0.818. The molecule has 1 aliphatic carbocycles. The summed E-state index contributed by atoms with van der Waals surface area (Å²) in [5.74, 6) is -0.518. The smallest absolute Gasteiger partial charge is 0.317 e. The molecule has 4 nitrogen and oxygen atoms in total. The number of nitrogens with one attached hydrogen (secondary N) is 1. The predicted molar refractivity (Wildman–Crippen MR) is 56.7 cm³/mol. The summed E-state index contributed by atoms with van der Waals surface area (Å²) in [5.41, 5.74) is 0. The maximum atomic E-state index is 11.4. The second-order valence-electron chi connectivity index (χ2n) is 4.26. The third-order valence-corrected chi connectivity index (χ3v) is 3.03. The molecule has 0 amide bonds. The first kappa shape index (κ1) is 12.2. The van der Waals surface area contributed by atoms with Gasteiger partial charge in [0.05, 0.1) is 12.6 Å². The lowest BCUT2D eigenvalue weighted by Crippen LogP contribution is -2.44. The maximum Gasteiger partial charge on any atom is 0.317 e. The van der Waals surface area contributed by atoms with Crippen molar-refractivity contribution in [1.29, 1.82) is 0 Å². The number of rotatable bonds is 5. The average molecular weight is 213 g/mol. The monoisotopic (exact) mass is 213 g/mol. The molecule has 0 aromatic carbocycles. The van der Waals surface area contributed by atoms with Crippen molar-refractivity contribution in [3.05, 3.63) is 0 Å². The van der Waals surface area contributed by atoms with E-state index >= 15 is 0 Å². The predicted octanol–water partition coefficient (Wildman–Crippen LogP) is 1.20. The Balaban J connectivity index is 2.48. The van der Waals surface area contributed by atoms with E-state index in [1.807, 2.05) is 0 Å². The molecule has 4 heteroatoms. The van der Waals surface area contributed by atoms with E-state index in [0.29, 0.717) is 5.92 Å². The van der Waals surface area contributed by atoms with Crippen LogP contribution in [0.3, 0.4) is 0 Å². The van der Waals surface area contributed by atoms with Crippen molar-refractivity contribution in [2.75, 3.05) is 6.54 Å². The van der Waals surface area contributed by atoms with Gasteiger partial charge in [-0.05, 0) is 25.7 Å². The summed E-state index contributed by atoms with van der Waals surface area (Å²) in [4.78, 5) is 21.8. The molecule has 1 saturated carbocycles. The normalized spacial score (nSPS) is 19.8. The van der Waals surface area contributed by atoms with Crippen LogP contribution in [0, 0.1) is 5.92 Å². The van der Waals surface area contributed by atoms with Gasteiger partial charge in [0, 0.05) is 0 Å². The lowest BCUT2D eigenvalue weighted by atomic mass is 9.82. The largest absolute Gasteiger partial charge is 0.480 e. The minimum Gasteiger partial charge on any atom is -0.480 e. The molecular formula is C11H19NO3. The quantitative estimate of drug-likeness (QED) is 0.720. The van der Waals surface area contributed by atoms with Gasteiger partial charge >= 0.3 is 5.97 Å². The minimum absolute atomic E-state index is 0.0585. The van der Waals surface area contributed by atoms with E-state index in [1.54, 1.807) is 0 Å². The van der Waals surface area contributed by atoms with Crippen LogP contribution in [0.25, 0.3) is 0 Å². The van der Waals surface area contributed by atoms with E-state index < -0.39 is 5.97 Å². The van der Waals surface area contributed by atoms with Crippen molar-refractivity contribution >= 4 is 11.8 Å². The molecule has 0 aromatic rings. The number of carboxylic acids is 1. The molecule has 0 spiro atoms. The molecular weight excluding hydrogens is 194 g/mol. The molecule has 0 saturated heterocycles. The molecule has 0 heterocycles. The lowest BCUT2D eigenvalue weighted by molar-refractivity contribution is -0.136. The van der Waals surface area contributed by atoms with E-state index in [2.05, 4.69) is 5.32 Å². The number of Topliss-reactive ketones (excluding diaryl/α,β-unsaturated/α-hetero) is 1. The van der Waals surface area contributed by atoms with Gasteiger partial charge < -0.3 is 5.11 Å². The van der Waals surface area contributed by atoms with Crippen LogP contribution in [0.5, 0.6) is 0 Å². The van der Waals surface area contributed by atoms with E-state index in [4.69, 9.17) is 5.11 Å². The van der Waals surface area contributed by atoms with Crippen molar-refractivity contribution in [2.24, 2.45) is 5.92 Å². The Morgan fingerprint density at radius 1 is 1.33 bits per heavy atom. The Hall–Kier alpha value is -0.900. The third kappa shape index (κ3) is 4.00. The number of carbonyl (C=O) groups excluding carboxylic acids is 1. The van der Waals surface area contributed by atoms with Gasteiger partial charge in [-0.15, -0.1) is 0 Å². The molecule has 1 fully saturated rings. The topological polar surface area (TPSA) is 66.4 Å². The van der Waals surface area contributed by atoms with E-state index in [0.717, 1.165) is 25.7 Å². The summed E-state index contributed by atoms with van der Waals surface area (Å²) in [6.07, 6.45) is 5.63. The molecule has 1 rings (SSSR count). The lowest BCUT2D eigenvalue weighted by Gasteiger charge is -2.28. The Labute approximate surface area is 90.0 Å². The number of carbonyl (C=O) groups is 2. The molecule has 1 unspecified atom stereocenters. The van der Waals surface area contributed by atoms with Gasteiger partial charge in [0.2, 0.25) is 0 Å². The van der Waals surface area contributed by atoms with Crippen molar-refractivity contribution in [3.63, 3.8) is 0 Å². The summed E-state index contributed by atoms with van der Waals surface area (Å²) < 4.78 is 0. The Kier molecular flexibility index (Phi) is 4.75. The fourth-order valence-electron chi connectivity index (χ4n) is 2.31. The summed E-state index contributed by atoms with van der Waals surface area (Å²) in [5, 5.41) is 11.4. The number of hydrogen-bond donors (Lipinski definition) is 2. The number of carboxylic acid groups (broad SMARTS) is 1. The van der Waals surface area contributed by atoms with E-state index in [1.165, 1.54) is 13.3 Å². The first-order chi connectivity index (χ1) is 7.11. The summed E-state index contributed by atoms with van der Waals surface area (Å²) in [6, 6.07) is -0.263. The van der Waals surface area contributed by atoms with Gasteiger partial charge in [-0.3, -0.25) is 14.9 Å². The second kappa shape index (κ2) is 5.85. The van der Waals surface area contributed by atoms with Crippen LogP contribution >= 0.6 is 0 Å². The maximum absolute atomic E-state index is 11.4. The minimum atomic E-state index is -0.906. The van der Waals surface area contributed by atoms with Crippen LogP contribution in [0.4, 0.5) is 0 Å². The molecule has 0 aliphatic heterocycles. The first-order valence-electron chi connectivity index (χ1n) is 5.57. The molecule has 86 valence electrons. The van der Waals surface area contributed by atoms with Gasteiger partial charge in [-0.2, -0.15) is 0 Å². The van der Waals surface area contributed by atoms with Crippen LogP contribution < -0.4 is 5.32 Å². The fourth-order valence-corrected chi connectivity index (χ4v) is 2.31. The van der Waals surface area contributed by atoms with Gasteiger partial charge in [0.25, 0.3) is 0 Å². The molecule has 0 aromatic heterocycles. The van der Waals surface area contributed by atoms with E-state index in [9.17, 15) is 9.59 Å². The van der Waals surface area contributed by atoms with Crippen LogP contribution in [-0.4, -0.2) is 29.4 Å². The third-order valence-electron chi connectivity index (χ3n) is 3.03. The Morgan fingerprint density at radius 3 is 2.40 bits per heavy atom. The summed E-state index contributed by atoms with van der Waals surface area (Å²) in [7, 11) is 0. The zero-order valence-electron chi connectivity index (χ0n) is 9.16. The van der Waals surface area contributed by atoms with Gasteiger partial charge in [0.15, 0.2) is 0 Å². The summed E-state index contributed by atoms with van der Waals surface area (Å²) >= 11 is 0. The molecule has 15 heavy (non-hydrogen) atoms. The van der Waals surface area contributed by atoms with Gasteiger partial charge in [0.1, 0.15) is 5.78 Å². The zero-order chi connectivity index (χ0) is 11.3. The Morgan fingerprint density at radius 2 is 1.93 bits per heavy atom. The number of hydrogen-bond acceptors (Lipinski definition) is 3. The zero-order valence-corrected chi connectivity index (χ0v) is 9.16. The first-order valence-corrected chi connectivity index (χ1v) is 5.57.